The number of benzene rings is 1. The molecule has 2 aromatic rings. The van der Waals surface area contributed by atoms with Crippen LogP contribution in [0.4, 0.5) is 4.39 Å². The van der Waals surface area contributed by atoms with Gasteiger partial charge in [0.15, 0.2) is 0 Å². The number of halogens is 1. The third kappa shape index (κ3) is 4.77. The first kappa shape index (κ1) is 19.1. The van der Waals surface area contributed by atoms with E-state index < -0.39 is 0 Å². The molecule has 3 heterocycles. The highest BCUT2D eigenvalue weighted by molar-refractivity contribution is 5.92. The van der Waals surface area contributed by atoms with Gasteiger partial charge in [-0.15, -0.1) is 0 Å². The molecule has 0 saturated carbocycles. The second kappa shape index (κ2) is 8.84. The maximum Gasteiger partial charge on any atom is 0.271 e. The summed E-state index contributed by atoms with van der Waals surface area (Å²) < 4.78 is 14.9. The van der Waals surface area contributed by atoms with Crippen LogP contribution in [-0.2, 0) is 6.54 Å². The number of amides is 1. The molecule has 2 saturated heterocycles. The van der Waals surface area contributed by atoms with Crippen molar-refractivity contribution in [3.8, 4) is 0 Å². The predicted molar refractivity (Wildman–Crippen MR) is 106 cm³/mol. The van der Waals surface area contributed by atoms with Crippen LogP contribution < -0.4 is 10.6 Å². The molecular weight excluding hydrogens is 357 g/mol. The van der Waals surface area contributed by atoms with E-state index in [9.17, 15) is 9.18 Å². The molecule has 2 fully saturated rings. The molecule has 2 aliphatic heterocycles. The lowest BCUT2D eigenvalue weighted by molar-refractivity contribution is 0.0902. The Hall–Kier alpha value is -2.25. The third-order valence-electron chi connectivity index (χ3n) is 5.73. The number of nitrogens with one attached hydrogen (secondary N) is 2. The lowest BCUT2D eigenvalue weighted by Gasteiger charge is -2.32. The monoisotopic (exact) mass is 385 g/mol. The van der Waals surface area contributed by atoms with Crippen LogP contribution in [0.1, 0.15) is 47.8 Å². The highest BCUT2D eigenvalue weighted by Gasteiger charge is 2.23. The molecule has 2 N–H and O–H groups in total. The number of likely N-dealkylation sites (tertiary alicyclic amines) is 1. The molecule has 0 aliphatic carbocycles. The fourth-order valence-electron chi connectivity index (χ4n) is 4.06. The highest BCUT2D eigenvalue weighted by Crippen LogP contribution is 2.17. The average Bonchev–Trinajstić information content (AvgIpc) is 3.22. The Bertz CT molecular complexity index is 776. The maximum atomic E-state index is 13.0. The van der Waals surface area contributed by atoms with E-state index in [1.54, 1.807) is 0 Å². The minimum atomic E-state index is -0.202. The van der Waals surface area contributed by atoms with Gasteiger partial charge in [-0.05, 0) is 56.0 Å². The second-order valence-electron chi connectivity index (χ2n) is 7.83. The van der Waals surface area contributed by atoms with Crippen molar-refractivity contribution in [1.82, 2.24) is 25.3 Å². The van der Waals surface area contributed by atoms with E-state index in [2.05, 4.69) is 20.6 Å². The molecule has 1 unspecified atom stereocenters. The average molecular weight is 385 g/mol. The van der Waals surface area contributed by atoms with Gasteiger partial charge in [0.2, 0.25) is 0 Å². The number of carbonyl (C=O) groups is 1. The van der Waals surface area contributed by atoms with Gasteiger partial charge in [0.1, 0.15) is 11.5 Å². The van der Waals surface area contributed by atoms with E-state index in [1.165, 1.54) is 12.1 Å². The zero-order chi connectivity index (χ0) is 19.3. The van der Waals surface area contributed by atoms with Crippen LogP contribution in [-0.4, -0.2) is 52.8 Å². The van der Waals surface area contributed by atoms with Crippen molar-refractivity contribution >= 4 is 5.91 Å². The second-order valence-corrected chi connectivity index (χ2v) is 7.83. The number of piperidine rings is 2. The first-order valence-electron chi connectivity index (χ1n) is 10.2. The van der Waals surface area contributed by atoms with Gasteiger partial charge in [-0.1, -0.05) is 12.1 Å². The smallest absolute Gasteiger partial charge is 0.271 e. The van der Waals surface area contributed by atoms with Gasteiger partial charge in [0, 0.05) is 38.4 Å². The molecule has 28 heavy (non-hydrogen) atoms. The van der Waals surface area contributed by atoms with E-state index in [0.29, 0.717) is 11.7 Å². The lowest BCUT2D eigenvalue weighted by Crippen LogP contribution is -2.44. The number of aromatic nitrogens is 2. The summed E-state index contributed by atoms with van der Waals surface area (Å²) in [4.78, 5) is 14.9. The summed E-state index contributed by atoms with van der Waals surface area (Å²) in [5, 5.41) is 11.0. The van der Waals surface area contributed by atoms with Crippen molar-refractivity contribution in [3.05, 3.63) is 53.6 Å². The van der Waals surface area contributed by atoms with E-state index in [0.717, 1.165) is 64.0 Å². The van der Waals surface area contributed by atoms with Crippen LogP contribution in [0.2, 0.25) is 0 Å². The summed E-state index contributed by atoms with van der Waals surface area (Å²) in [5.41, 5.74) is 1.62. The Kier molecular flexibility index (Phi) is 6.02. The Morgan fingerprint density at radius 2 is 1.96 bits per heavy atom. The van der Waals surface area contributed by atoms with Gasteiger partial charge < -0.3 is 10.6 Å². The zero-order valence-corrected chi connectivity index (χ0v) is 16.1. The van der Waals surface area contributed by atoms with Crippen LogP contribution in [0.3, 0.4) is 0 Å². The molecule has 0 radical (unpaired) electrons. The lowest BCUT2D eigenvalue weighted by atomic mass is 10.0. The van der Waals surface area contributed by atoms with E-state index in [1.807, 2.05) is 29.1 Å². The van der Waals surface area contributed by atoms with Crippen molar-refractivity contribution in [2.45, 2.75) is 44.3 Å². The molecule has 1 aromatic carbocycles. The predicted octanol–water partition coefficient (Wildman–Crippen LogP) is 2.34. The van der Waals surface area contributed by atoms with Gasteiger partial charge in [-0.25, -0.2) is 4.39 Å². The summed E-state index contributed by atoms with van der Waals surface area (Å²) in [7, 11) is 0. The molecule has 7 heteroatoms. The molecule has 0 bridgehead atoms. The maximum absolute atomic E-state index is 13.0. The van der Waals surface area contributed by atoms with Crippen LogP contribution in [0.15, 0.2) is 36.5 Å². The third-order valence-corrected chi connectivity index (χ3v) is 5.73. The summed E-state index contributed by atoms with van der Waals surface area (Å²) in [6, 6.07) is 9.01. The largest absolute Gasteiger partial charge is 0.348 e. The van der Waals surface area contributed by atoms with Gasteiger partial charge in [0.05, 0.1) is 6.04 Å². The Morgan fingerprint density at radius 1 is 1.18 bits per heavy atom. The Morgan fingerprint density at radius 3 is 2.68 bits per heavy atom. The van der Waals surface area contributed by atoms with E-state index in [4.69, 9.17) is 0 Å². The molecule has 150 valence electrons. The number of nitrogens with zero attached hydrogens (tertiary/aromatic N) is 3. The molecule has 1 aromatic heterocycles. The first-order valence-corrected chi connectivity index (χ1v) is 10.2. The highest BCUT2D eigenvalue weighted by atomic mass is 19.1. The quantitative estimate of drug-likeness (QED) is 0.829. The fourth-order valence-corrected chi connectivity index (χ4v) is 4.06. The Labute approximate surface area is 165 Å². The van der Waals surface area contributed by atoms with Crippen molar-refractivity contribution < 1.29 is 9.18 Å². The molecule has 1 atom stereocenters. The van der Waals surface area contributed by atoms with Crippen molar-refractivity contribution in [2.24, 2.45) is 0 Å². The molecule has 2 aliphatic rings. The van der Waals surface area contributed by atoms with Gasteiger partial charge >= 0.3 is 0 Å². The van der Waals surface area contributed by atoms with Crippen LogP contribution in [0.5, 0.6) is 0 Å². The fraction of sp³-hybridized carbons (Fsp3) is 0.524. The number of hydrogen-bond donors (Lipinski definition) is 2. The zero-order valence-electron chi connectivity index (χ0n) is 16.1. The van der Waals surface area contributed by atoms with Gasteiger partial charge in [0.25, 0.3) is 5.91 Å². The van der Waals surface area contributed by atoms with Crippen LogP contribution in [0.25, 0.3) is 0 Å². The normalized spacial score (nSPS) is 21.5. The standard InChI is InChI=1S/C21H28FN5O/c22-17-5-3-16(4-6-17)15-26-11-7-18(8-12-26)24-21(28)20-9-13-27(25-20)19-2-1-10-23-14-19/h3-6,9,13,18-19,23H,1-2,7-8,10-12,14-15H2,(H,24,28). The van der Waals surface area contributed by atoms with Crippen LogP contribution >= 0.6 is 0 Å². The number of hydrogen-bond acceptors (Lipinski definition) is 4. The molecular formula is C21H28FN5O. The van der Waals surface area contributed by atoms with Crippen LogP contribution in [0, 0.1) is 5.82 Å². The van der Waals surface area contributed by atoms with E-state index >= 15 is 0 Å². The van der Waals surface area contributed by atoms with Crippen molar-refractivity contribution in [1.29, 1.82) is 0 Å². The molecule has 1 amide bonds. The summed E-state index contributed by atoms with van der Waals surface area (Å²) in [6.45, 7) is 4.63. The topological polar surface area (TPSA) is 62.2 Å². The number of rotatable bonds is 5. The molecule has 0 spiro atoms. The van der Waals surface area contributed by atoms with E-state index in [-0.39, 0.29) is 17.8 Å². The van der Waals surface area contributed by atoms with Gasteiger partial charge in [-0.3, -0.25) is 14.4 Å². The molecule has 4 rings (SSSR count). The van der Waals surface area contributed by atoms with Crippen molar-refractivity contribution in [3.63, 3.8) is 0 Å². The first-order chi connectivity index (χ1) is 13.7. The van der Waals surface area contributed by atoms with Gasteiger partial charge in [-0.2, -0.15) is 5.10 Å². The Balaban J connectivity index is 1.24. The van der Waals surface area contributed by atoms with Crippen molar-refractivity contribution in [2.75, 3.05) is 26.2 Å². The number of carbonyl (C=O) groups excluding carboxylic acids is 1. The molecule has 6 nitrogen and oxygen atoms in total. The summed E-state index contributed by atoms with van der Waals surface area (Å²) in [6.07, 6.45) is 5.99. The minimum absolute atomic E-state index is 0.0838. The SMILES string of the molecule is O=C(NC1CCN(Cc2ccc(F)cc2)CC1)c1ccn(C2CCCNC2)n1. The summed E-state index contributed by atoms with van der Waals surface area (Å²) >= 11 is 0. The minimum Gasteiger partial charge on any atom is -0.348 e. The summed E-state index contributed by atoms with van der Waals surface area (Å²) in [5.74, 6) is -0.285.